The Bertz CT molecular complexity index is 517. The highest BCUT2D eigenvalue weighted by Gasteiger charge is 2.07. The van der Waals surface area contributed by atoms with Crippen LogP contribution in [0.3, 0.4) is 0 Å². The largest absolute Gasteiger partial charge is 0.472 e. The standard InChI is InChI=1S/C10H10N2O2S/c1-12-9(13)5-8(11-10(12)15-2)7-3-4-14-6-7/h3-6H,1-2H3. The molecule has 0 fully saturated rings. The van der Waals surface area contributed by atoms with E-state index in [1.165, 1.54) is 22.4 Å². The summed E-state index contributed by atoms with van der Waals surface area (Å²) >= 11 is 1.44. The summed E-state index contributed by atoms with van der Waals surface area (Å²) in [5, 5.41) is 0.693. The first-order valence-corrected chi connectivity index (χ1v) is 5.59. The Morgan fingerprint density at radius 1 is 1.53 bits per heavy atom. The monoisotopic (exact) mass is 222 g/mol. The van der Waals surface area contributed by atoms with Gasteiger partial charge in [0.1, 0.15) is 0 Å². The molecule has 0 unspecified atom stereocenters. The van der Waals surface area contributed by atoms with Gasteiger partial charge in [-0.05, 0) is 12.3 Å². The zero-order valence-electron chi connectivity index (χ0n) is 8.43. The van der Waals surface area contributed by atoms with Crippen LogP contribution in [0.5, 0.6) is 0 Å². The summed E-state index contributed by atoms with van der Waals surface area (Å²) in [7, 11) is 1.71. The second-order valence-electron chi connectivity index (χ2n) is 3.04. The average molecular weight is 222 g/mol. The molecule has 15 heavy (non-hydrogen) atoms. The molecule has 0 aromatic carbocycles. The zero-order valence-corrected chi connectivity index (χ0v) is 9.25. The van der Waals surface area contributed by atoms with Gasteiger partial charge in [-0.1, -0.05) is 11.8 Å². The number of hydrogen-bond acceptors (Lipinski definition) is 4. The van der Waals surface area contributed by atoms with Crippen molar-refractivity contribution in [2.75, 3.05) is 6.26 Å². The summed E-state index contributed by atoms with van der Waals surface area (Å²) < 4.78 is 6.48. The van der Waals surface area contributed by atoms with Crippen molar-refractivity contribution in [1.29, 1.82) is 0 Å². The van der Waals surface area contributed by atoms with E-state index >= 15 is 0 Å². The molecule has 2 aromatic rings. The van der Waals surface area contributed by atoms with Gasteiger partial charge in [-0.2, -0.15) is 0 Å². The summed E-state index contributed by atoms with van der Waals surface area (Å²) in [4.78, 5) is 16.0. The molecule has 0 radical (unpaired) electrons. The predicted octanol–water partition coefficient (Wildman–Crippen LogP) is 1.76. The number of furan rings is 1. The SMILES string of the molecule is CSc1nc(-c2ccoc2)cc(=O)n1C. The van der Waals surface area contributed by atoms with Crippen LogP contribution in [0.1, 0.15) is 0 Å². The Balaban J connectivity index is 2.61. The Hall–Kier alpha value is -1.49. The van der Waals surface area contributed by atoms with Gasteiger partial charge in [-0.25, -0.2) is 4.98 Å². The molecule has 0 N–H and O–H groups in total. The summed E-state index contributed by atoms with van der Waals surface area (Å²) in [6.07, 6.45) is 5.03. The second-order valence-corrected chi connectivity index (χ2v) is 3.81. The molecule has 0 aliphatic heterocycles. The van der Waals surface area contributed by atoms with Gasteiger partial charge in [0.2, 0.25) is 0 Å². The van der Waals surface area contributed by atoms with Crippen LogP contribution in [0, 0.1) is 0 Å². The molecule has 5 heteroatoms. The fourth-order valence-corrected chi connectivity index (χ4v) is 1.81. The van der Waals surface area contributed by atoms with Crippen LogP contribution in [0.4, 0.5) is 0 Å². The van der Waals surface area contributed by atoms with Crippen LogP contribution in [0.25, 0.3) is 11.3 Å². The van der Waals surface area contributed by atoms with E-state index in [9.17, 15) is 4.79 Å². The first kappa shape index (κ1) is 10.0. The van der Waals surface area contributed by atoms with Crippen LogP contribution in [-0.2, 0) is 7.05 Å². The minimum atomic E-state index is -0.0643. The molecule has 0 bridgehead atoms. The lowest BCUT2D eigenvalue weighted by Gasteiger charge is -2.05. The van der Waals surface area contributed by atoms with E-state index in [0.29, 0.717) is 10.9 Å². The van der Waals surface area contributed by atoms with Gasteiger partial charge in [0.15, 0.2) is 5.16 Å². The lowest BCUT2D eigenvalue weighted by molar-refractivity contribution is 0.568. The topological polar surface area (TPSA) is 48.0 Å². The molecule has 2 rings (SSSR count). The maximum absolute atomic E-state index is 11.6. The summed E-state index contributed by atoms with van der Waals surface area (Å²) in [5.41, 5.74) is 1.41. The van der Waals surface area contributed by atoms with Gasteiger partial charge in [-0.3, -0.25) is 9.36 Å². The highest BCUT2D eigenvalue weighted by Crippen LogP contribution is 2.18. The van der Waals surface area contributed by atoms with Crippen molar-refractivity contribution < 1.29 is 4.42 Å². The molecule has 0 saturated heterocycles. The quantitative estimate of drug-likeness (QED) is 0.574. The molecule has 0 amide bonds. The maximum Gasteiger partial charge on any atom is 0.254 e. The van der Waals surface area contributed by atoms with E-state index in [2.05, 4.69) is 4.98 Å². The molecule has 2 heterocycles. The molecule has 0 atom stereocenters. The number of aromatic nitrogens is 2. The van der Waals surface area contributed by atoms with Crippen molar-refractivity contribution in [3.63, 3.8) is 0 Å². The second kappa shape index (κ2) is 3.94. The molecule has 0 saturated carbocycles. The molecular formula is C10H10N2O2S. The van der Waals surface area contributed by atoms with Crippen molar-refractivity contribution in [3.05, 3.63) is 35.0 Å². The molecular weight excluding hydrogens is 212 g/mol. The van der Waals surface area contributed by atoms with Gasteiger partial charge < -0.3 is 4.42 Å². The minimum Gasteiger partial charge on any atom is -0.472 e. The number of rotatable bonds is 2. The van der Waals surface area contributed by atoms with Gasteiger partial charge in [0, 0.05) is 18.7 Å². The summed E-state index contributed by atoms with van der Waals surface area (Å²) in [6.45, 7) is 0. The Morgan fingerprint density at radius 2 is 2.33 bits per heavy atom. The van der Waals surface area contributed by atoms with Gasteiger partial charge in [-0.15, -0.1) is 0 Å². The van der Waals surface area contributed by atoms with Crippen LogP contribution in [-0.4, -0.2) is 15.8 Å². The minimum absolute atomic E-state index is 0.0643. The third-order valence-electron chi connectivity index (χ3n) is 2.09. The van der Waals surface area contributed by atoms with Gasteiger partial charge in [0.05, 0.1) is 18.2 Å². The third kappa shape index (κ3) is 1.83. The molecule has 4 nitrogen and oxygen atoms in total. The molecule has 0 aliphatic carbocycles. The first-order valence-electron chi connectivity index (χ1n) is 4.37. The molecule has 0 aliphatic rings. The predicted molar refractivity (Wildman–Crippen MR) is 59.0 cm³/mol. The fourth-order valence-electron chi connectivity index (χ4n) is 1.26. The van der Waals surface area contributed by atoms with Crippen molar-refractivity contribution in [1.82, 2.24) is 9.55 Å². The summed E-state index contributed by atoms with van der Waals surface area (Å²) in [6, 6.07) is 3.29. The lowest BCUT2D eigenvalue weighted by atomic mass is 10.2. The Labute approximate surface area is 90.9 Å². The van der Waals surface area contributed by atoms with Crippen molar-refractivity contribution in [2.24, 2.45) is 7.05 Å². The van der Waals surface area contributed by atoms with Crippen molar-refractivity contribution in [2.45, 2.75) is 5.16 Å². The average Bonchev–Trinajstić information content (AvgIpc) is 2.75. The molecule has 78 valence electrons. The van der Waals surface area contributed by atoms with Crippen molar-refractivity contribution in [3.8, 4) is 11.3 Å². The van der Waals surface area contributed by atoms with Crippen LogP contribution < -0.4 is 5.56 Å². The van der Waals surface area contributed by atoms with Crippen molar-refractivity contribution >= 4 is 11.8 Å². The lowest BCUT2D eigenvalue weighted by Crippen LogP contribution is -2.18. The molecule has 2 aromatic heterocycles. The van der Waals surface area contributed by atoms with E-state index in [1.807, 2.05) is 6.26 Å². The van der Waals surface area contributed by atoms with E-state index in [1.54, 1.807) is 25.6 Å². The van der Waals surface area contributed by atoms with Crippen LogP contribution in [0.15, 0.2) is 39.0 Å². The Morgan fingerprint density at radius 3 is 2.93 bits per heavy atom. The first-order chi connectivity index (χ1) is 7.22. The number of nitrogens with zero attached hydrogens (tertiary/aromatic N) is 2. The van der Waals surface area contributed by atoms with E-state index in [-0.39, 0.29) is 5.56 Å². The number of thioether (sulfide) groups is 1. The van der Waals surface area contributed by atoms with Gasteiger partial charge in [0.25, 0.3) is 5.56 Å². The van der Waals surface area contributed by atoms with E-state index in [0.717, 1.165) is 5.56 Å². The smallest absolute Gasteiger partial charge is 0.254 e. The normalized spacial score (nSPS) is 10.5. The van der Waals surface area contributed by atoms with Gasteiger partial charge >= 0.3 is 0 Å². The highest BCUT2D eigenvalue weighted by molar-refractivity contribution is 7.98. The van der Waals surface area contributed by atoms with E-state index < -0.39 is 0 Å². The zero-order chi connectivity index (χ0) is 10.8. The summed E-state index contributed by atoms with van der Waals surface area (Å²) in [5.74, 6) is 0. The maximum atomic E-state index is 11.6. The van der Waals surface area contributed by atoms with Crippen LogP contribution >= 0.6 is 11.8 Å². The third-order valence-corrected chi connectivity index (χ3v) is 2.82. The fraction of sp³-hybridized carbons (Fsp3) is 0.200. The van der Waals surface area contributed by atoms with Crippen LogP contribution in [0.2, 0.25) is 0 Å². The number of hydrogen-bond donors (Lipinski definition) is 0. The highest BCUT2D eigenvalue weighted by atomic mass is 32.2. The van der Waals surface area contributed by atoms with E-state index in [4.69, 9.17) is 4.42 Å². The Kier molecular flexibility index (Phi) is 2.64. The molecule has 0 spiro atoms.